The molecule has 10 heteroatoms. The Morgan fingerprint density at radius 2 is 1.53 bits per heavy atom. The molecule has 3 aromatic rings. The summed E-state index contributed by atoms with van der Waals surface area (Å²) in [6.07, 6.45) is -1.84. The molecule has 180 valence electrons. The molecule has 0 aliphatic rings. The zero-order valence-corrected chi connectivity index (χ0v) is 19.2. The molecule has 34 heavy (non-hydrogen) atoms. The fourth-order valence-corrected chi connectivity index (χ4v) is 2.93. The van der Waals surface area contributed by atoms with Gasteiger partial charge in [0.05, 0.1) is 0 Å². The maximum absolute atomic E-state index is 12.5. The minimum atomic E-state index is -5.08. The van der Waals surface area contributed by atoms with Crippen LogP contribution in [0.5, 0.6) is 0 Å². The molecule has 0 fully saturated rings. The first-order valence-corrected chi connectivity index (χ1v) is 10.4. The fourth-order valence-electron chi connectivity index (χ4n) is 2.81. The lowest BCUT2D eigenvalue weighted by atomic mass is 10.1. The number of hydrogen-bond acceptors (Lipinski definition) is 4. The Morgan fingerprint density at radius 3 is 2.06 bits per heavy atom. The van der Waals surface area contributed by atoms with E-state index in [-0.39, 0.29) is 5.91 Å². The average Bonchev–Trinajstić information content (AvgIpc) is 2.81. The number of pyridine rings is 1. The van der Waals surface area contributed by atoms with E-state index in [0.29, 0.717) is 5.56 Å². The van der Waals surface area contributed by atoms with Crippen LogP contribution in [0.25, 0.3) is 0 Å². The van der Waals surface area contributed by atoms with E-state index >= 15 is 0 Å². The minimum absolute atomic E-state index is 0.0543. The molecule has 6 nitrogen and oxygen atoms in total. The quantitative estimate of drug-likeness (QED) is 0.490. The summed E-state index contributed by atoms with van der Waals surface area (Å²) in [5, 5.41) is 11.3. The maximum Gasteiger partial charge on any atom is 0.490 e. The largest absolute Gasteiger partial charge is 0.490 e. The number of rotatable bonds is 6. The summed E-state index contributed by atoms with van der Waals surface area (Å²) in [7, 11) is 1.78. The van der Waals surface area contributed by atoms with Crippen LogP contribution in [0.15, 0.2) is 67.0 Å². The van der Waals surface area contributed by atoms with Crippen molar-refractivity contribution in [2.75, 3.05) is 11.9 Å². The van der Waals surface area contributed by atoms with Crippen molar-refractivity contribution in [3.63, 3.8) is 0 Å². The predicted octanol–water partition coefficient (Wildman–Crippen LogP) is 5.24. The first kappa shape index (κ1) is 26.8. The van der Waals surface area contributed by atoms with Gasteiger partial charge in [-0.1, -0.05) is 35.9 Å². The van der Waals surface area contributed by atoms with Crippen molar-refractivity contribution in [1.82, 2.24) is 10.3 Å². The number of alkyl halides is 3. The predicted molar refractivity (Wildman–Crippen MR) is 124 cm³/mol. The highest BCUT2D eigenvalue weighted by molar-refractivity contribution is 6.31. The van der Waals surface area contributed by atoms with Crippen molar-refractivity contribution < 1.29 is 27.9 Å². The van der Waals surface area contributed by atoms with Gasteiger partial charge in [-0.3, -0.25) is 9.78 Å². The van der Waals surface area contributed by atoms with Crippen LogP contribution >= 0.6 is 11.6 Å². The number of halogens is 4. The van der Waals surface area contributed by atoms with Crippen molar-refractivity contribution >= 4 is 29.2 Å². The number of aryl methyl sites for hydroxylation is 1. The number of benzene rings is 2. The van der Waals surface area contributed by atoms with Crippen LogP contribution in [0.4, 0.5) is 18.9 Å². The molecule has 1 heterocycles. The van der Waals surface area contributed by atoms with Crippen molar-refractivity contribution in [3.8, 4) is 0 Å². The average molecular weight is 494 g/mol. The van der Waals surface area contributed by atoms with E-state index < -0.39 is 12.1 Å². The molecule has 0 saturated carbocycles. The number of carboxylic acid groups (broad SMARTS) is 1. The Morgan fingerprint density at radius 1 is 1.00 bits per heavy atom. The maximum atomic E-state index is 12.5. The molecule has 3 rings (SSSR count). The number of nitrogens with one attached hydrogen (secondary N) is 1. The van der Waals surface area contributed by atoms with Gasteiger partial charge < -0.3 is 15.3 Å². The summed E-state index contributed by atoms with van der Waals surface area (Å²) in [4.78, 5) is 27.0. The monoisotopic (exact) mass is 493 g/mol. The summed E-state index contributed by atoms with van der Waals surface area (Å²) in [5.41, 5.74) is 4.93. The van der Waals surface area contributed by atoms with E-state index in [4.69, 9.17) is 21.5 Å². The Labute approximate surface area is 200 Å². The molecule has 0 bridgehead atoms. The number of amides is 1. The van der Waals surface area contributed by atoms with Crippen LogP contribution in [-0.2, 0) is 17.9 Å². The van der Waals surface area contributed by atoms with E-state index in [2.05, 4.69) is 16.4 Å². The molecule has 0 saturated heterocycles. The molecule has 2 N–H and O–H groups in total. The highest BCUT2D eigenvalue weighted by Crippen LogP contribution is 2.18. The molecule has 0 unspecified atom stereocenters. The molecule has 1 aromatic heterocycles. The first-order chi connectivity index (χ1) is 16.0. The number of carbonyl (C=O) groups excluding carboxylic acids is 1. The molecule has 1 amide bonds. The van der Waals surface area contributed by atoms with Crippen molar-refractivity contribution in [1.29, 1.82) is 0 Å². The van der Waals surface area contributed by atoms with E-state index in [1.54, 1.807) is 36.5 Å². The zero-order valence-electron chi connectivity index (χ0n) is 18.4. The van der Waals surface area contributed by atoms with Crippen LogP contribution in [0, 0.1) is 6.92 Å². The topological polar surface area (TPSA) is 82.5 Å². The van der Waals surface area contributed by atoms with Gasteiger partial charge in [0.25, 0.3) is 5.91 Å². The summed E-state index contributed by atoms with van der Waals surface area (Å²) in [6, 6.07) is 17.5. The van der Waals surface area contributed by atoms with Crippen molar-refractivity contribution in [3.05, 3.63) is 94.3 Å². The van der Waals surface area contributed by atoms with Crippen LogP contribution in [0.3, 0.4) is 0 Å². The lowest BCUT2D eigenvalue weighted by Gasteiger charge is -2.18. The van der Waals surface area contributed by atoms with Crippen LogP contribution in [0.2, 0.25) is 5.02 Å². The van der Waals surface area contributed by atoms with Gasteiger partial charge in [-0.2, -0.15) is 13.2 Å². The van der Waals surface area contributed by atoms with Crippen LogP contribution in [-0.4, -0.2) is 35.2 Å². The third-order valence-electron chi connectivity index (χ3n) is 4.68. The normalized spacial score (nSPS) is 10.8. The van der Waals surface area contributed by atoms with Crippen LogP contribution in [0.1, 0.15) is 27.0 Å². The Kier molecular flexibility index (Phi) is 9.58. The first-order valence-electron chi connectivity index (χ1n) is 10.0. The highest BCUT2D eigenvalue weighted by atomic mass is 35.5. The number of anilines is 1. The summed E-state index contributed by atoms with van der Waals surface area (Å²) >= 11 is 6.06. The highest BCUT2D eigenvalue weighted by Gasteiger charge is 2.38. The molecule has 2 aromatic carbocycles. The molecule has 0 aliphatic carbocycles. The second kappa shape index (κ2) is 12.2. The van der Waals surface area contributed by atoms with Gasteiger partial charge in [-0.25, -0.2) is 4.79 Å². The van der Waals surface area contributed by atoms with Gasteiger partial charge in [0.1, 0.15) is 0 Å². The van der Waals surface area contributed by atoms with E-state index in [0.717, 1.165) is 34.9 Å². The standard InChI is InChI=1S/C22H22ClN3O.C2HF3O2/c1-16-13-18(5-8-21(16)23)15-25-14-17-3-6-20(7-4-17)26(2)22(27)19-9-11-24-12-10-19;3-2(4,5)1(6)7/h3-13,25H,14-15H2,1-2H3;(H,6,7). The minimum Gasteiger partial charge on any atom is -0.475 e. The fraction of sp³-hybridized carbons (Fsp3) is 0.208. The number of nitrogens with zero attached hydrogens (tertiary/aromatic N) is 2. The molecule has 0 radical (unpaired) electrons. The van der Waals surface area contributed by atoms with Gasteiger partial charge in [0.2, 0.25) is 0 Å². The van der Waals surface area contributed by atoms with Crippen LogP contribution < -0.4 is 10.2 Å². The number of aromatic nitrogens is 1. The molecule has 0 spiro atoms. The van der Waals surface area contributed by atoms with Gasteiger partial charge >= 0.3 is 12.1 Å². The third kappa shape index (κ3) is 8.17. The Balaban J connectivity index is 0.000000509. The SMILES string of the molecule is Cc1cc(CNCc2ccc(N(C)C(=O)c3ccncc3)cc2)ccc1Cl.O=C(O)C(F)(F)F. The van der Waals surface area contributed by atoms with E-state index in [1.165, 1.54) is 5.56 Å². The van der Waals surface area contributed by atoms with E-state index in [1.807, 2.05) is 43.3 Å². The van der Waals surface area contributed by atoms with Gasteiger partial charge in [-0.15, -0.1) is 0 Å². The second-order valence-corrected chi connectivity index (χ2v) is 7.66. The molecule has 0 aliphatic heterocycles. The summed E-state index contributed by atoms with van der Waals surface area (Å²) in [5.74, 6) is -2.81. The summed E-state index contributed by atoms with van der Waals surface area (Å²) in [6.45, 7) is 3.54. The van der Waals surface area contributed by atoms with E-state index in [9.17, 15) is 18.0 Å². The van der Waals surface area contributed by atoms with Gasteiger partial charge in [0.15, 0.2) is 0 Å². The number of hydrogen-bond donors (Lipinski definition) is 2. The number of aliphatic carboxylic acids is 1. The lowest BCUT2D eigenvalue weighted by Crippen LogP contribution is -2.26. The molecule has 0 atom stereocenters. The molecular formula is C24H23ClF3N3O3. The zero-order chi connectivity index (χ0) is 25.3. The lowest BCUT2D eigenvalue weighted by molar-refractivity contribution is -0.192. The smallest absolute Gasteiger partial charge is 0.475 e. The third-order valence-corrected chi connectivity index (χ3v) is 5.10. The number of carbonyl (C=O) groups is 2. The second-order valence-electron chi connectivity index (χ2n) is 7.26. The molecular weight excluding hydrogens is 471 g/mol. The summed E-state index contributed by atoms with van der Waals surface area (Å²) < 4.78 is 31.7. The van der Waals surface area contributed by atoms with Crippen molar-refractivity contribution in [2.24, 2.45) is 0 Å². The van der Waals surface area contributed by atoms with Gasteiger partial charge in [0, 0.05) is 48.8 Å². The Hall–Kier alpha value is -3.43. The Bertz CT molecular complexity index is 1110. The number of carboxylic acids is 1. The van der Waals surface area contributed by atoms with Gasteiger partial charge in [-0.05, 0) is 53.9 Å². The van der Waals surface area contributed by atoms with Crippen molar-refractivity contribution in [2.45, 2.75) is 26.2 Å².